The number of nitrogens with zero attached hydrogens (tertiary/aromatic N) is 3. The van der Waals surface area contributed by atoms with Crippen LogP contribution in [0, 0.1) is 10.1 Å². The molecule has 0 saturated heterocycles. The number of aldehydes is 1. The van der Waals surface area contributed by atoms with Crippen LogP contribution in [0.25, 0.3) is 0 Å². The van der Waals surface area contributed by atoms with Crippen molar-refractivity contribution in [2.75, 3.05) is 0 Å². The molecule has 0 unspecified atom stereocenters. The quantitative estimate of drug-likeness (QED) is 0.458. The largest absolute Gasteiger partial charge is 0.485 e. The molecule has 2 rings (SSSR count). The molecule has 0 aliphatic heterocycles. The van der Waals surface area contributed by atoms with Gasteiger partial charge in [0.1, 0.15) is 18.2 Å². The number of aromatic nitrogens is 2. The van der Waals surface area contributed by atoms with Crippen LogP contribution in [-0.4, -0.2) is 20.8 Å². The predicted octanol–water partition coefficient (Wildman–Crippen LogP) is 2.20. The Kier molecular flexibility index (Phi) is 4.09. The normalized spacial score (nSPS) is 10.2. The van der Waals surface area contributed by atoms with Crippen molar-refractivity contribution in [1.82, 2.24) is 9.55 Å². The highest BCUT2D eigenvalue weighted by Crippen LogP contribution is 2.23. The lowest BCUT2D eigenvalue weighted by Crippen LogP contribution is -2.06. The summed E-state index contributed by atoms with van der Waals surface area (Å²) in [6.45, 7) is 2.94. The maximum Gasteiger partial charge on any atom is 0.270 e. The highest BCUT2D eigenvalue weighted by Gasteiger charge is 2.12. The van der Waals surface area contributed by atoms with E-state index in [0.29, 0.717) is 12.0 Å². The molecule has 0 fully saturated rings. The minimum atomic E-state index is -0.555. The first-order valence-electron chi connectivity index (χ1n) is 6.02. The number of nitro groups is 1. The van der Waals surface area contributed by atoms with Crippen molar-refractivity contribution in [2.45, 2.75) is 20.1 Å². The number of imidazole rings is 1. The van der Waals surface area contributed by atoms with Crippen LogP contribution in [0.4, 0.5) is 5.69 Å². The molecule has 0 saturated carbocycles. The Morgan fingerprint density at radius 3 is 2.95 bits per heavy atom. The Bertz CT molecular complexity index is 636. The van der Waals surface area contributed by atoms with Gasteiger partial charge >= 0.3 is 0 Å². The van der Waals surface area contributed by atoms with Crippen LogP contribution < -0.4 is 4.74 Å². The van der Waals surface area contributed by atoms with E-state index in [-0.39, 0.29) is 17.9 Å². The van der Waals surface area contributed by atoms with Gasteiger partial charge in [-0.3, -0.25) is 14.9 Å². The molecule has 0 aliphatic rings. The number of rotatable bonds is 6. The molecule has 1 heterocycles. The lowest BCUT2D eigenvalue weighted by Gasteiger charge is -2.09. The zero-order valence-corrected chi connectivity index (χ0v) is 10.9. The first kappa shape index (κ1) is 13.7. The van der Waals surface area contributed by atoms with Gasteiger partial charge in [0, 0.05) is 31.1 Å². The van der Waals surface area contributed by atoms with Crippen molar-refractivity contribution in [3.63, 3.8) is 0 Å². The summed E-state index contributed by atoms with van der Waals surface area (Å²) in [7, 11) is 0. The van der Waals surface area contributed by atoms with Crippen LogP contribution in [-0.2, 0) is 13.2 Å². The van der Waals surface area contributed by atoms with Gasteiger partial charge in [-0.2, -0.15) is 0 Å². The SMILES string of the molecule is CCn1ccnc1COc1ccc([N+](=O)[O-])cc1C=O. The van der Waals surface area contributed by atoms with Gasteiger partial charge < -0.3 is 9.30 Å². The minimum Gasteiger partial charge on any atom is -0.485 e. The fourth-order valence-electron chi connectivity index (χ4n) is 1.78. The standard InChI is InChI=1S/C13H13N3O4/c1-2-15-6-5-14-13(15)9-20-12-4-3-11(16(18)19)7-10(12)8-17/h3-8H,2,9H2,1H3. The molecule has 0 atom stereocenters. The summed E-state index contributed by atoms with van der Waals surface area (Å²) in [5, 5.41) is 10.6. The molecule has 1 aromatic heterocycles. The van der Waals surface area contributed by atoms with Crippen molar-refractivity contribution in [1.29, 1.82) is 0 Å². The third-order valence-electron chi connectivity index (χ3n) is 2.83. The molecular weight excluding hydrogens is 262 g/mol. The molecule has 0 bridgehead atoms. The maximum atomic E-state index is 11.0. The van der Waals surface area contributed by atoms with Gasteiger partial charge in [0.15, 0.2) is 6.29 Å². The summed E-state index contributed by atoms with van der Waals surface area (Å²) in [5.41, 5.74) is 0.00307. The predicted molar refractivity (Wildman–Crippen MR) is 70.7 cm³/mol. The average Bonchev–Trinajstić information content (AvgIpc) is 2.92. The molecule has 0 aliphatic carbocycles. The number of aryl methyl sites for hydroxylation is 1. The molecule has 7 nitrogen and oxygen atoms in total. The summed E-state index contributed by atoms with van der Waals surface area (Å²) in [6.07, 6.45) is 4.03. The van der Waals surface area contributed by atoms with E-state index in [2.05, 4.69) is 4.98 Å². The fraction of sp³-hybridized carbons (Fsp3) is 0.231. The maximum absolute atomic E-state index is 11.0. The third kappa shape index (κ3) is 2.82. The smallest absolute Gasteiger partial charge is 0.270 e. The minimum absolute atomic E-state index is 0.144. The van der Waals surface area contributed by atoms with Gasteiger partial charge in [0.05, 0.1) is 10.5 Å². The lowest BCUT2D eigenvalue weighted by molar-refractivity contribution is -0.384. The summed E-state index contributed by atoms with van der Waals surface area (Å²) >= 11 is 0. The van der Waals surface area contributed by atoms with Gasteiger partial charge in [-0.25, -0.2) is 4.98 Å². The van der Waals surface area contributed by atoms with Gasteiger partial charge in [-0.15, -0.1) is 0 Å². The molecule has 0 radical (unpaired) electrons. The number of non-ortho nitro benzene ring substituents is 1. The van der Waals surface area contributed by atoms with Crippen molar-refractivity contribution in [2.24, 2.45) is 0 Å². The Labute approximate surface area is 115 Å². The van der Waals surface area contributed by atoms with Crippen LogP contribution in [0.3, 0.4) is 0 Å². The van der Waals surface area contributed by atoms with E-state index in [4.69, 9.17) is 4.74 Å². The number of hydrogen-bond donors (Lipinski definition) is 0. The van der Waals surface area contributed by atoms with E-state index < -0.39 is 4.92 Å². The van der Waals surface area contributed by atoms with Crippen LogP contribution in [0.15, 0.2) is 30.6 Å². The second-order valence-electron chi connectivity index (χ2n) is 4.02. The van der Waals surface area contributed by atoms with E-state index in [9.17, 15) is 14.9 Å². The summed E-state index contributed by atoms with van der Waals surface area (Å²) in [5.74, 6) is 1.03. The Balaban J connectivity index is 2.17. The number of hydrogen-bond acceptors (Lipinski definition) is 5. The summed E-state index contributed by atoms with van der Waals surface area (Å²) < 4.78 is 7.42. The van der Waals surface area contributed by atoms with Crippen LogP contribution in [0.2, 0.25) is 0 Å². The van der Waals surface area contributed by atoms with Crippen LogP contribution >= 0.6 is 0 Å². The van der Waals surface area contributed by atoms with Crippen LogP contribution in [0.1, 0.15) is 23.1 Å². The second-order valence-corrected chi connectivity index (χ2v) is 4.02. The Morgan fingerprint density at radius 2 is 2.30 bits per heavy atom. The second kappa shape index (κ2) is 5.96. The van der Waals surface area contributed by atoms with E-state index in [1.807, 2.05) is 17.7 Å². The molecule has 104 valence electrons. The number of ether oxygens (including phenoxy) is 1. The Morgan fingerprint density at radius 1 is 1.50 bits per heavy atom. The van der Waals surface area contributed by atoms with E-state index in [1.165, 1.54) is 18.2 Å². The highest BCUT2D eigenvalue weighted by molar-refractivity contribution is 5.80. The first-order valence-corrected chi connectivity index (χ1v) is 6.02. The van der Waals surface area contributed by atoms with Crippen molar-refractivity contribution < 1.29 is 14.5 Å². The molecular formula is C13H13N3O4. The zero-order valence-electron chi connectivity index (χ0n) is 10.9. The highest BCUT2D eigenvalue weighted by atomic mass is 16.6. The lowest BCUT2D eigenvalue weighted by atomic mass is 10.2. The van der Waals surface area contributed by atoms with E-state index in [1.54, 1.807) is 6.20 Å². The zero-order chi connectivity index (χ0) is 14.5. The molecule has 20 heavy (non-hydrogen) atoms. The topological polar surface area (TPSA) is 87.3 Å². The molecule has 1 aromatic carbocycles. The van der Waals surface area contributed by atoms with Crippen LogP contribution in [0.5, 0.6) is 5.75 Å². The molecule has 7 heteroatoms. The molecule has 0 N–H and O–H groups in total. The van der Waals surface area contributed by atoms with E-state index >= 15 is 0 Å². The van der Waals surface area contributed by atoms with Crippen molar-refractivity contribution >= 4 is 12.0 Å². The number of carbonyl (C=O) groups excluding carboxylic acids is 1. The van der Waals surface area contributed by atoms with Gasteiger partial charge in [-0.1, -0.05) is 0 Å². The molecule has 0 amide bonds. The third-order valence-corrected chi connectivity index (χ3v) is 2.83. The van der Waals surface area contributed by atoms with E-state index in [0.717, 1.165) is 12.4 Å². The molecule has 2 aromatic rings. The van der Waals surface area contributed by atoms with Crippen molar-refractivity contribution in [3.8, 4) is 5.75 Å². The first-order chi connectivity index (χ1) is 9.65. The van der Waals surface area contributed by atoms with Crippen molar-refractivity contribution in [3.05, 3.63) is 52.1 Å². The summed E-state index contributed by atoms with van der Waals surface area (Å²) in [6, 6.07) is 3.91. The average molecular weight is 275 g/mol. The fourth-order valence-corrected chi connectivity index (χ4v) is 1.78. The monoisotopic (exact) mass is 275 g/mol. The van der Waals surface area contributed by atoms with Gasteiger partial charge in [0.25, 0.3) is 5.69 Å². The number of carbonyl (C=O) groups is 1. The Hall–Kier alpha value is -2.70. The number of nitro benzene ring substituents is 1. The van der Waals surface area contributed by atoms with Gasteiger partial charge in [-0.05, 0) is 13.0 Å². The molecule has 0 spiro atoms. The van der Waals surface area contributed by atoms with Gasteiger partial charge in [0.2, 0.25) is 0 Å². The summed E-state index contributed by atoms with van der Waals surface area (Å²) in [4.78, 5) is 25.2. The number of benzene rings is 1.